The van der Waals surface area contributed by atoms with Crippen molar-refractivity contribution in [1.82, 2.24) is 4.98 Å². The van der Waals surface area contributed by atoms with Gasteiger partial charge < -0.3 is 10.6 Å². The average molecular weight is 257 g/mol. The van der Waals surface area contributed by atoms with Crippen LogP contribution in [-0.2, 0) is 0 Å². The number of pyridine rings is 1. The lowest BCUT2D eigenvalue weighted by atomic mass is 10.1. The van der Waals surface area contributed by atoms with Crippen molar-refractivity contribution in [2.24, 2.45) is 11.7 Å². The van der Waals surface area contributed by atoms with E-state index in [-0.39, 0.29) is 10.7 Å². The number of rotatable bonds is 3. The largest absolute Gasteiger partial charge is 0.351 e. The lowest BCUT2D eigenvalue weighted by molar-refractivity contribution is -0.384. The van der Waals surface area contributed by atoms with E-state index >= 15 is 0 Å². The Kier molecular flexibility index (Phi) is 3.44. The van der Waals surface area contributed by atoms with E-state index in [0.29, 0.717) is 24.8 Å². The summed E-state index contributed by atoms with van der Waals surface area (Å²) in [5.41, 5.74) is 5.55. The lowest BCUT2D eigenvalue weighted by Gasteiger charge is -2.16. The molecule has 0 amide bonds. The standard InChI is InChI=1S/C10H13ClN4O2/c11-8-3-9(15(16)17)10(13-5-8)14-2-1-7(4-12)6-14/h3,5,7H,1-2,4,6,12H2. The number of anilines is 1. The van der Waals surface area contributed by atoms with Gasteiger partial charge >= 0.3 is 5.69 Å². The van der Waals surface area contributed by atoms with Gasteiger partial charge in [0.05, 0.1) is 9.95 Å². The molecule has 7 heteroatoms. The van der Waals surface area contributed by atoms with Crippen LogP contribution in [0.15, 0.2) is 12.3 Å². The molecule has 0 bridgehead atoms. The van der Waals surface area contributed by atoms with Gasteiger partial charge in [-0.1, -0.05) is 11.6 Å². The molecule has 1 fully saturated rings. The zero-order chi connectivity index (χ0) is 12.4. The minimum Gasteiger partial charge on any atom is -0.351 e. The van der Waals surface area contributed by atoms with Crippen LogP contribution in [0.25, 0.3) is 0 Å². The highest BCUT2D eigenvalue weighted by Gasteiger charge is 2.28. The van der Waals surface area contributed by atoms with Gasteiger partial charge in [-0.25, -0.2) is 4.98 Å². The van der Waals surface area contributed by atoms with Crippen LogP contribution in [0.4, 0.5) is 11.5 Å². The quantitative estimate of drug-likeness (QED) is 0.653. The summed E-state index contributed by atoms with van der Waals surface area (Å²) in [6.07, 6.45) is 2.37. The number of nitrogens with two attached hydrogens (primary N) is 1. The van der Waals surface area contributed by atoms with Crippen molar-refractivity contribution in [2.75, 3.05) is 24.5 Å². The van der Waals surface area contributed by atoms with Crippen LogP contribution in [0.5, 0.6) is 0 Å². The first kappa shape index (κ1) is 12.1. The van der Waals surface area contributed by atoms with Gasteiger partial charge in [-0.15, -0.1) is 0 Å². The first-order valence-electron chi connectivity index (χ1n) is 5.36. The van der Waals surface area contributed by atoms with E-state index in [2.05, 4.69) is 4.98 Å². The van der Waals surface area contributed by atoms with Crippen LogP contribution in [0.2, 0.25) is 5.02 Å². The predicted octanol–water partition coefficient (Wildman–Crippen LogP) is 1.43. The molecule has 0 aromatic carbocycles. The Morgan fingerprint density at radius 3 is 3.06 bits per heavy atom. The fourth-order valence-electron chi connectivity index (χ4n) is 2.02. The highest BCUT2D eigenvalue weighted by Crippen LogP contribution is 2.31. The second-order valence-corrected chi connectivity index (χ2v) is 4.53. The Hall–Kier alpha value is -1.40. The van der Waals surface area contributed by atoms with Gasteiger partial charge in [0.1, 0.15) is 0 Å². The van der Waals surface area contributed by atoms with Crippen molar-refractivity contribution < 1.29 is 4.92 Å². The third-order valence-electron chi connectivity index (χ3n) is 2.93. The fourth-order valence-corrected chi connectivity index (χ4v) is 2.17. The van der Waals surface area contributed by atoms with E-state index in [9.17, 15) is 10.1 Å². The van der Waals surface area contributed by atoms with Gasteiger partial charge in [-0.2, -0.15) is 0 Å². The molecule has 0 radical (unpaired) electrons. The second kappa shape index (κ2) is 4.85. The predicted molar refractivity (Wildman–Crippen MR) is 65.3 cm³/mol. The molecule has 1 aliphatic rings. The maximum atomic E-state index is 10.9. The van der Waals surface area contributed by atoms with Crippen molar-refractivity contribution in [2.45, 2.75) is 6.42 Å². The molecule has 0 spiro atoms. The van der Waals surface area contributed by atoms with Crippen LogP contribution in [0, 0.1) is 16.0 Å². The Labute approximate surface area is 104 Å². The molecule has 1 atom stereocenters. The summed E-state index contributed by atoms with van der Waals surface area (Å²) < 4.78 is 0. The molecule has 6 nitrogen and oxygen atoms in total. The fraction of sp³-hybridized carbons (Fsp3) is 0.500. The van der Waals surface area contributed by atoms with Gasteiger partial charge in [-0.05, 0) is 18.9 Å². The number of nitro groups is 1. The summed E-state index contributed by atoms with van der Waals surface area (Å²) in [5, 5.41) is 11.2. The van der Waals surface area contributed by atoms with Crippen LogP contribution >= 0.6 is 11.6 Å². The van der Waals surface area contributed by atoms with Crippen molar-refractivity contribution >= 4 is 23.1 Å². The van der Waals surface area contributed by atoms with Gasteiger partial charge in [-0.3, -0.25) is 10.1 Å². The molecule has 2 rings (SSSR count). The molecule has 1 aromatic heterocycles. The van der Waals surface area contributed by atoms with E-state index in [1.807, 2.05) is 4.90 Å². The van der Waals surface area contributed by atoms with Crippen LogP contribution in [0.1, 0.15) is 6.42 Å². The minimum absolute atomic E-state index is 0.0461. The zero-order valence-corrected chi connectivity index (χ0v) is 9.93. The van der Waals surface area contributed by atoms with Crippen LogP contribution in [0.3, 0.4) is 0 Å². The normalized spacial score (nSPS) is 19.6. The summed E-state index contributed by atoms with van der Waals surface area (Å²) >= 11 is 5.72. The van der Waals surface area contributed by atoms with Gasteiger partial charge in [0.25, 0.3) is 0 Å². The lowest BCUT2D eigenvalue weighted by Crippen LogP contribution is -2.24. The van der Waals surface area contributed by atoms with E-state index in [0.717, 1.165) is 13.0 Å². The molecule has 1 aromatic rings. The molecular weight excluding hydrogens is 244 g/mol. The zero-order valence-electron chi connectivity index (χ0n) is 9.17. The third-order valence-corrected chi connectivity index (χ3v) is 3.14. The smallest absolute Gasteiger partial charge is 0.313 e. The molecule has 0 saturated carbocycles. The number of nitrogens with zero attached hydrogens (tertiary/aromatic N) is 3. The van der Waals surface area contributed by atoms with Gasteiger partial charge in [0, 0.05) is 25.4 Å². The Balaban J connectivity index is 2.29. The van der Waals surface area contributed by atoms with Crippen LogP contribution in [-0.4, -0.2) is 29.5 Å². The van der Waals surface area contributed by atoms with Gasteiger partial charge in [0.15, 0.2) is 0 Å². The summed E-state index contributed by atoms with van der Waals surface area (Å²) in [6, 6.07) is 1.33. The summed E-state index contributed by atoms with van der Waals surface area (Å²) in [7, 11) is 0. The van der Waals surface area contributed by atoms with Crippen molar-refractivity contribution in [3.63, 3.8) is 0 Å². The first-order valence-corrected chi connectivity index (χ1v) is 5.74. The van der Waals surface area contributed by atoms with Crippen molar-refractivity contribution in [3.8, 4) is 0 Å². The summed E-state index contributed by atoms with van der Waals surface area (Å²) in [4.78, 5) is 16.4. The first-order chi connectivity index (χ1) is 8.11. The molecule has 1 aliphatic heterocycles. The topological polar surface area (TPSA) is 85.3 Å². The van der Waals surface area contributed by atoms with E-state index in [4.69, 9.17) is 17.3 Å². The third kappa shape index (κ3) is 2.48. The van der Waals surface area contributed by atoms with Crippen molar-refractivity contribution in [1.29, 1.82) is 0 Å². The van der Waals surface area contributed by atoms with Crippen LogP contribution < -0.4 is 10.6 Å². The van der Waals surface area contributed by atoms with Crippen molar-refractivity contribution in [3.05, 3.63) is 27.4 Å². The monoisotopic (exact) mass is 256 g/mol. The Morgan fingerprint density at radius 2 is 2.47 bits per heavy atom. The molecule has 1 saturated heterocycles. The molecule has 92 valence electrons. The molecular formula is C10H13ClN4O2. The van der Waals surface area contributed by atoms with E-state index in [1.165, 1.54) is 12.3 Å². The number of aromatic nitrogens is 1. The minimum atomic E-state index is -0.454. The Morgan fingerprint density at radius 1 is 1.71 bits per heavy atom. The highest BCUT2D eigenvalue weighted by atomic mass is 35.5. The molecule has 2 heterocycles. The SMILES string of the molecule is NCC1CCN(c2ncc(Cl)cc2[N+](=O)[O-])C1. The number of hydrogen-bond acceptors (Lipinski definition) is 5. The van der Waals surface area contributed by atoms with E-state index in [1.54, 1.807) is 0 Å². The maximum Gasteiger partial charge on any atom is 0.313 e. The van der Waals surface area contributed by atoms with E-state index < -0.39 is 4.92 Å². The molecule has 0 aliphatic carbocycles. The molecule has 2 N–H and O–H groups in total. The summed E-state index contributed by atoms with van der Waals surface area (Å²) in [5.74, 6) is 0.766. The van der Waals surface area contributed by atoms with Gasteiger partial charge in [0.2, 0.25) is 5.82 Å². The average Bonchev–Trinajstić information content (AvgIpc) is 2.77. The summed E-state index contributed by atoms with van der Waals surface area (Å²) in [6.45, 7) is 2.06. The molecule has 1 unspecified atom stereocenters. The molecule has 17 heavy (non-hydrogen) atoms. The Bertz CT molecular complexity index is 440. The number of hydrogen-bond donors (Lipinski definition) is 1. The maximum absolute atomic E-state index is 10.9. The number of halogens is 1. The second-order valence-electron chi connectivity index (χ2n) is 4.09. The highest BCUT2D eigenvalue weighted by molar-refractivity contribution is 6.30.